The fourth-order valence-electron chi connectivity index (χ4n) is 3.86. The van der Waals surface area contributed by atoms with E-state index in [1.807, 2.05) is 0 Å². The Labute approximate surface area is 121 Å². The Morgan fingerprint density at radius 1 is 1.42 bits per heavy atom. The number of hydrogen-bond donors (Lipinski definition) is 1. The molecule has 0 saturated carbocycles. The van der Waals surface area contributed by atoms with Crippen LogP contribution in [0, 0.1) is 0 Å². The van der Waals surface area contributed by atoms with Crippen LogP contribution in [0.25, 0.3) is 0 Å². The SMILES string of the molecule is CN1CCN(C2CCOC3(CCSC3)C2)C(CN)C1. The normalized spacial score (nSPS) is 42.0. The summed E-state index contributed by atoms with van der Waals surface area (Å²) in [5.74, 6) is 2.47. The summed E-state index contributed by atoms with van der Waals surface area (Å²) in [5.41, 5.74) is 6.19. The van der Waals surface area contributed by atoms with E-state index in [2.05, 4.69) is 28.6 Å². The summed E-state index contributed by atoms with van der Waals surface area (Å²) < 4.78 is 6.15. The van der Waals surface area contributed by atoms with Crippen LogP contribution in [0.15, 0.2) is 0 Å². The molecule has 3 saturated heterocycles. The Kier molecular flexibility index (Phi) is 4.39. The molecule has 4 nitrogen and oxygen atoms in total. The highest BCUT2D eigenvalue weighted by Crippen LogP contribution is 2.40. The van der Waals surface area contributed by atoms with E-state index in [1.165, 1.54) is 43.9 Å². The Morgan fingerprint density at radius 3 is 3.05 bits per heavy atom. The minimum atomic E-state index is 0.191. The molecule has 0 aliphatic carbocycles. The van der Waals surface area contributed by atoms with Gasteiger partial charge in [0.05, 0.1) is 5.60 Å². The minimum Gasteiger partial charge on any atom is -0.374 e. The van der Waals surface area contributed by atoms with E-state index in [-0.39, 0.29) is 5.60 Å². The van der Waals surface area contributed by atoms with Crippen LogP contribution in [-0.2, 0) is 4.74 Å². The fourth-order valence-corrected chi connectivity index (χ4v) is 5.24. The van der Waals surface area contributed by atoms with Crippen molar-refractivity contribution >= 4 is 11.8 Å². The van der Waals surface area contributed by atoms with Crippen molar-refractivity contribution in [1.82, 2.24) is 9.80 Å². The molecule has 3 fully saturated rings. The predicted molar refractivity (Wildman–Crippen MR) is 80.7 cm³/mol. The number of ether oxygens (including phenoxy) is 1. The molecule has 0 bridgehead atoms. The van der Waals surface area contributed by atoms with Crippen molar-refractivity contribution in [2.75, 3.05) is 51.3 Å². The van der Waals surface area contributed by atoms with Crippen molar-refractivity contribution in [1.29, 1.82) is 0 Å². The Balaban J connectivity index is 1.67. The average molecular weight is 285 g/mol. The first-order valence-corrected chi connectivity index (χ1v) is 8.74. The number of likely N-dealkylation sites (N-methyl/N-ethyl adjacent to an activating group) is 1. The molecule has 3 atom stereocenters. The second-order valence-electron chi connectivity index (χ2n) is 6.37. The smallest absolute Gasteiger partial charge is 0.0795 e. The van der Waals surface area contributed by atoms with Crippen molar-refractivity contribution in [3.05, 3.63) is 0 Å². The zero-order valence-corrected chi connectivity index (χ0v) is 12.8. The van der Waals surface area contributed by atoms with Crippen LogP contribution >= 0.6 is 11.8 Å². The largest absolute Gasteiger partial charge is 0.374 e. The van der Waals surface area contributed by atoms with Crippen LogP contribution in [-0.4, -0.2) is 78.8 Å². The van der Waals surface area contributed by atoms with Crippen LogP contribution < -0.4 is 5.73 Å². The summed E-state index contributed by atoms with van der Waals surface area (Å²) in [6.45, 7) is 5.19. The molecule has 3 aliphatic heterocycles. The second-order valence-corrected chi connectivity index (χ2v) is 7.48. The van der Waals surface area contributed by atoms with Gasteiger partial charge in [-0.1, -0.05) is 0 Å². The number of thioether (sulfide) groups is 1. The van der Waals surface area contributed by atoms with Gasteiger partial charge in [0.1, 0.15) is 0 Å². The summed E-state index contributed by atoms with van der Waals surface area (Å²) in [6, 6.07) is 1.22. The van der Waals surface area contributed by atoms with E-state index in [1.54, 1.807) is 0 Å². The highest BCUT2D eigenvalue weighted by molar-refractivity contribution is 7.99. The van der Waals surface area contributed by atoms with Crippen LogP contribution in [0.4, 0.5) is 0 Å². The van der Waals surface area contributed by atoms with E-state index in [4.69, 9.17) is 10.5 Å². The van der Waals surface area contributed by atoms with E-state index < -0.39 is 0 Å². The summed E-state index contributed by atoms with van der Waals surface area (Å²) in [5, 5.41) is 0. The van der Waals surface area contributed by atoms with Gasteiger partial charge >= 0.3 is 0 Å². The number of nitrogens with two attached hydrogens (primary N) is 1. The molecule has 5 heteroatoms. The summed E-state index contributed by atoms with van der Waals surface area (Å²) in [4.78, 5) is 5.10. The highest BCUT2D eigenvalue weighted by Gasteiger charge is 2.43. The van der Waals surface area contributed by atoms with Crippen molar-refractivity contribution in [3.63, 3.8) is 0 Å². The van der Waals surface area contributed by atoms with Gasteiger partial charge in [-0.25, -0.2) is 0 Å². The molecular weight excluding hydrogens is 258 g/mol. The molecule has 3 heterocycles. The molecule has 3 unspecified atom stereocenters. The van der Waals surface area contributed by atoms with Gasteiger partial charge in [0, 0.05) is 50.6 Å². The minimum absolute atomic E-state index is 0.191. The van der Waals surface area contributed by atoms with Gasteiger partial charge in [-0.15, -0.1) is 0 Å². The summed E-state index contributed by atoms with van der Waals surface area (Å²) in [7, 11) is 2.21. The van der Waals surface area contributed by atoms with E-state index >= 15 is 0 Å². The number of rotatable bonds is 2. The zero-order chi connectivity index (χ0) is 13.3. The maximum Gasteiger partial charge on any atom is 0.0795 e. The van der Waals surface area contributed by atoms with E-state index in [0.29, 0.717) is 12.1 Å². The molecule has 1 spiro atoms. The lowest BCUT2D eigenvalue weighted by molar-refractivity contribution is -0.101. The zero-order valence-electron chi connectivity index (χ0n) is 12.0. The molecule has 3 aliphatic rings. The molecule has 3 rings (SSSR count). The Hall–Kier alpha value is 0.190. The third-order valence-electron chi connectivity index (χ3n) is 5.01. The van der Waals surface area contributed by atoms with Gasteiger partial charge in [-0.05, 0) is 32.1 Å². The van der Waals surface area contributed by atoms with Gasteiger partial charge in [0.2, 0.25) is 0 Å². The average Bonchev–Trinajstić information content (AvgIpc) is 2.86. The van der Waals surface area contributed by atoms with Crippen LogP contribution in [0.2, 0.25) is 0 Å². The summed E-state index contributed by atoms with van der Waals surface area (Å²) in [6.07, 6.45) is 3.65. The van der Waals surface area contributed by atoms with Crippen LogP contribution in [0.1, 0.15) is 19.3 Å². The monoisotopic (exact) mass is 285 g/mol. The van der Waals surface area contributed by atoms with Crippen molar-refractivity contribution in [2.45, 2.75) is 36.9 Å². The first kappa shape index (κ1) is 14.1. The summed E-state index contributed by atoms with van der Waals surface area (Å²) >= 11 is 2.06. The first-order chi connectivity index (χ1) is 9.22. The molecule has 0 aromatic heterocycles. The lowest BCUT2D eigenvalue weighted by Crippen LogP contribution is -2.60. The Morgan fingerprint density at radius 2 is 2.32 bits per heavy atom. The van der Waals surface area contributed by atoms with Crippen molar-refractivity contribution in [2.24, 2.45) is 5.73 Å². The molecule has 0 aromatic rings. The maximum absolute atomic E-state index is 6.15. The van der Waals surface area contributed by atoms with Crippen LogP contribution in [0.3, 0.4) is 0 Å². The molecule has 0 amide bonds. The van der Waals surface area contributed by atoms with Gasteiger partial charge in [-0.3, -0.25) is 4.90 Å². The van der Waals surface area contributed by atoms with Gasteiger partial charge in [0.25, 0.3) is 0 Å². The van der Waals surface area contributed by atoms with E-state index in [0.717, 1.165) is 19.7 Å². The standard InChI is InChI=1S/C14H27N3OS/c1-16-4-5-17(13(9-15)10-16)12-2-6-18-14(8-12)3-7-19-11-14/h12-13H,2-11,15H2,1H3. The third kappa shape index (κ3) is 2.95. The number of nitrogens with zero attached hydrogens (tertiary/aromatic N) is 2. The maximum atomic E-state index is 6.15. The van der Waals surface area contributed by atoms with E-state index in [9.17, 15) is 0 Å². The third-order valence-corrected chi connectivity index (χ3v) is 6.23. The first-order valence-electron chi connectivity index (χ1n) is 7.58. The molecule has 0 radical (unpaired) electrons. The lowest BCUT2D eigenvalue weighted by Gasteiger charge is -2.48. The fraction of sp³-hybridized carbons (Fsp3) is 1.00. The molecule has 0 aromatic carbocycles. The molecule has 2 N–H and O–H groups in total. The number of piperazine rings is 1. The predicted octanol–water partition coefficient (Wildman–Crippen LogP) is 0.616. The molecular formula is C14H27N3OS. The van der Waals surface area contributed by atoms with Crippen molar-refractivity contribution in [3.8, 4) is 0 Å². The second kappa shape index (κ2) is 5.90. The van der Waals surface area contributed by atoms with Gasteiger partial charge in [-0.2, -0.15) is 11.8 Å². The Bertz CT molecular complexity index is 309. The molecule has 110 valence electrons. The number of hydrogen-bond acceptors (Lipinski definition) is 5. The lowest BCUT2D eigenvalue weighted by atomic mass is 9.88. The van der Waals surface area contributed by atoms with Gasteiger partial charge in [0.15, 0.2) is 0 Å². The quantitative estimate of drug-likeness (QED) is 0.805. The highest BCUT2D eigenvalue weighted by atomic mass is 32.2. The topological polar surface area (TPSA) is 41.7 Å². The van der Waals surface area contributed by atoms with Crippen LogP contribution in [0.5, 0.6) is 0 Å². The van der Waals surface area contributed by atoms with Gasteiger partial charge < -0.3 is 15.4 Å². The molecule has 19 heavy (non-hydrogen) atoms. The van der Waals surface area contributed by atoms with Crippen molar-refractivity contribution < 1.29 is 4.74 Å².